The molecule has 0 heterocycles. The monoisotopic (exact) mass is 343 g/mol. The van der Waals surface area contributed by atoms with Crippen LogP contribution in [0.2, 0.25) is 0 Å². The normalized spacial score (nSPS) is 9.58. The number of benzene rings is 2. The highest BCUT2D eigenvalue weighted by molar-refractivity contribution is 5.75. The first-order chi connectivity index (χ1) is 12.0. The molecule has 0 aliphatic heterocycles. The van der Waals surface area contributed by atoms with Crippen molar-refractivity contribution in [1.82, 2.24) is 0 Å². The maximum atomic E-state index is 11.7. The van der Waals surface area contributed by atoms with Gasteiger partial charge in [0.2, 0.25) is 0 Å². The van der Waals surface area contributed by atoms with E-state index in [2.05, 4.69) is 0 Å². The molecule has 0 amide bonds. The molecule has 1 N–H and O–H groups in total. The largest absolute Gasteiger partial charge is 0.508 e. The molecule has 0 aliphatic carbocycles. The minimum absolute atomic E-state index is 0.181. The summed E-state index contributed by atoms with van der Waals surface area (Å²) in [6.07, 6.45) is -1.07. The molecule has 24 heavy (non-hydrogen) atoms. The Labute approximate surface area is 138 Å². The van der Waals surface area contributed by atoms with Crippen molar-refractivity contribution in [2.75, 3.05) is 13.8 Å². The van der Waals surface area contributed by atoms with Crippen molar-refractivity contribution in [3.8, 4) is 11.5 Å². The summed E-state index contributed by atoms with van der Waals surface area (Å²) in [5.41, 5.74) is 1.07. The molecule has 0 unspecified atom stereocenters. The number of hydrogen-bond acceptors (Lipinski definition) is 4. The number of hydrogen-bond donors (Lipinski definition) is 1. The second-order valence-corrected chi connectivity index (χ2v) is 4.10. The Bertz CT molecular complexity index is 604. The Morgan fingerprint density at radius 1 is 1.04 bits per heavy atom. The van der Waals surface area contributed by atoms with Crippen LogP contribution in [0.4, 0.5) is 13.2 Å². The number of aldehydes is 2. The highest BCUT2D eigenvalue weighted by Crippen LogP contribution is 2.11. The van der Waals surface area contributed by atoms with Gasteiger partial charge in [-0.2, -0.15) is 0 Å². The predicted molar refractivity (Wildman–Crippen MR) is 83.9 cm³/mol. The number of phenols is 1. The van der Waals surface area contributed by atoms with Gasteiger partial charge in [-0.15, -0.1) is 0 Å². The van der Waals surface area contributed by atoms with Crippen molar-refractivity contribution >= 4 is 12.6 Å². The summed E-state index contributed by atoms with van der Waals surface area (Å²) in [6.45, 7) is -0.625. The van der Waals surface area contributed by atoms with Gasteiger partial charge in [0, 0.05) is 11.1 Å². The van der Waals surface area contributed by atoms with Crippen LogP contribution in [0.15, 0.2) is 48.5 Å². The van der Waals surface area contributed by atoms with Gasteiger partial charge < -0.3 is 9.84 Å². The van der Waals surface area contributed by atoms with Crippen molar-refractivity contribution in [3.05, 3.63) is 59.7 Å². The van der Waals surface area contributed by atoms with E-state index in [0.717, 1.165) is 6.29 Å². The highest BCUT2D eigenvalue weighted by Gasteiger charge is 2.02. The second kappa shape index (κ2) is 12.7. The van der Waals surface area contributed by atoms with E-state index in [1.54, 1.807) is 12.1 Å². The lowest BCUT2D eigenvalue weighted by atomic mass is 10.2. The molecular weight excluding hydrogens is 325 g/mol. The Balaban J connectivity index is 0.000000417. The lowest BCUT2D eigenvalue weighted by Crippen LogP contribution is -2.06. The molecule has 2 aromatic carbocycles. The van der Waals surface area contributed by atoms with E-state index in [1.165, 1.54) is 36.4 Å². The minimum Gasteiger partial charge on any atom is -0.508 e. The molecule has 0 radical (unpaired) electrons. The first-order valence-electron chi connectivity index (χ1n) is 7.23. The first-order valence-corrected chi connectivity index (χ1v) is 6.52. The highest BCUT2D eigenvalue weighted by atomic mass is 19.3. The van der Waals surface area contributed by atoms with Crippen LogP contribution in [0.25, 0.3) is 0 Å². The number of halogens is 3. The standard InChI is InChI=1S/C9H8F2O2.C7H6O2.CH3F/c10-9(11)6-13-8-3-1-7(5-12)2-4-8;8-5-6-1-3-7(9)4-2-6;1-2/h1-5,9H,6H2;1-5,9H;1H3/i;;1D. The van der Waals surface area contributed by atoms with Crippen LogP contribution in [0.5, 0.6) is 11.5 Å². The van der Waals surface area contributed by atoms with E-state index in [0.29, 0.717) is 23.2 Å². The summed E-state index contributed by atoms with van der Waals surface area (Å²) in [5.74, 6) is 0.520. The molecule has 0 saturated carbocycles. The molecule has 2 aromatic rings. The van der Waals surface area contributed by atoms with E-state index >= 15 is 0 Å². The smallest absolute Gasteiger partial charge is 0.272 e. The summed E-state index contributed by atoms with van der Waals surface area (Å²) in [7, 11) is -1.00. The quantitative estimate of drug-likeness (QED) is 0.836. The van der Waals surface area contributed by atoms with E-state index in [-0.39, 0.29) is 5.75 Å². The van der Waals surface area contributed by atoms with Gasteiger partial charge in [0.25, 0.3) is 6.43 Å². The average molecular weight is 343 g/mol. The lowest BCUT2D eigenvalue weighted by molar-refractivity contribution is 0.0818. The summed E-state index contributed by atoms with van der Waals surface area (Å²) in [6, 6.07) is 12.0. The lowest BCUT2D eigenvalue weighted by Gasteiger charge is -2.04. The Kier molecular flexibility index (Phi) is 10.2. The molecule has 0 atom stereocenters. The summed E-state index contributed by atoms with van der Waals surface area (Å²) in [4.78, 5) is 20.3. The molecule has 0 fully saturated rings. The number of phenolic OH excluding ortho intramolecular Hbond substituents is 1. The topological polar surface area (TPSA) is 63.6 Å². The average Bonchev–Trinajstić information content (AvgIpc) is 2.62. The van der Waals surface area contributed by atoms with Crippen LogP contribution in [0.1, 0.15) is 22.1 Å². The number of aromatic hydroxyl groups is 1. The van der Waals surface area contributed by atoms with Gasteiger partial charge in [-0.3, -0.25) is 14.0 Å². The maximum absolute atomic E-state index is 11.7. The molecular formula is C17H17F3O4. The zero-order valence-corrected chi connectivity index (χ0v) is 12.6. The van der Waals surface area contributed by atoms with Crippen molar-refractivity contribution in [1.29, 1.82) is 0 Å². The maximum Gasteiger partial charge on any atom is 0.272 e. The molecule has 7 heteroatoms. The zero-order chi connectivity index (χ0) is 19.1. The molecule has 2 rings (SSSR count). The fourth-order valence-corrected chi connectivity index (χ4v) is 1.35. The van der Waals surface area contributed by atoms with Gasteiger partial charge >= 0.3 is 0 Å². The fourth-order valence-electron chi connectivity index (χ4n) is 1.35. The second-order valence-electron chi connectivity index (χ2n) is 4.10. The Morgan fingerprint density at radius 2 is 1.46 bits per heavy atom. The van der Waals surface area contributed by atoms with Crippen molar-refractivity contribution < 1.29 is 34.0 Å². The van der Waals surface area contributed by atoms with E-state index in [1.807, 2.05) is 0 Å². The van der Waals surface area contributed by atoms with Crippen LogP contribution in [0.3, 0.4) is 0 Å². The molecule has 0 aromatic heterocycles. The van der Waals surface area contributed by atoms with Gasteiger partial charge in [-0.05, 0) is 48.5 Å². The van der Waals surface area contributed by atoms with E-state index in [4.69, 9.17) is 11.2 Å². The molecule has 4 nitrogen and oxygen atoms in total. The third-order valence-corrected chi connectivity index (χ3v) is 2.42. The van der Waals surface area contributed by atoms with Gasteiger partial charge in [-0.1, -0.05) is 0 Å². The van der Waals surface area contributed by atoms with Crippen molar-refractivity contribution in [2.24, 2.45) is 0 Å². The van der Waals surface area contributed by atoms with E-state index in [9.17, 15) is 22.8 Å². The number of ether oxygens (including phenoxy) is 1. The minimum atomic E-state index is -2.48. The fraction of sp³-hybridized carbons (Fsp3) is 0.176. The SMILES string of the molecule is O=Cc1ccc(O)cc1.O=Cc1ccc(OCC(F)F)cc1.[2H]CF. The van der Waals surface area contributed by atoms with Gasteiger partial charge in [0.15, 0.2) is 0 Å². The van der Waals surface area contributed by atoms with Crippen LogP contribution in [0, 0.1) is 0 Å². The summed E-state index contributed by atoms with van der Waals surface area (Å²) < 4.78 is 43.6. The van der Waals surface area contributed by atoms with Crippen molar-refractivity contribution in [2.45, 2.75) is 6.43 Å². The molecule has 0 spiro atoms. The van der Waals surface area contributed by atoms with Crippen LogP contribution < -0.4 is 4.74 Å². The molecule has 0 saturated heterocycles. The number of carbonyl (C=O) groups excluding carboxylic acids is 2. The van der Waals surface area contributed by atoms with Gasteiger partial charge in [0.1, 0.15) is 30.7 Å². The number of alkyl halides is 3. The van der Waals surface area contributed by atoms with Crippen LogP contribution >= 0.6 is 0 Å². The van der Waals surface area contributed by atoms with E-state index < -0.39 is 20.2 Å². The number of carbonyl (C=O) groups is 2. The predicted octanol–water partition coefficient (Wildman–Crippen LogP) is 3.93. The van der Waals surface area contributed by atoms with Crippen molar-refractivity contribution in [3.63, 3.8) is 0 Å². The Morgan fingerprint density at radius 3 is 1.83 bits per heavy atom. The zero-order valence-electron chi connectivity index (χ0n) is 13.6. The molecule has 0 bridgehead atoms. The first kappa shape index (κ1) is 19.2. The van der Waals surface area contributed by atoms with Crippen LogP contribution in [-0.4, -0.2) is 37.9 Å². The van der Waals surface area contributed by atoms with Crippen LogP contribution in [-0.2, 0) is 0 Å². The molecule has 130 valence electrons. The third kappa shape index (κ3) is 9.24. The molecule has 0 aliphatic rings. The van der Waals surface area contributed by atoms with Gasteiger partial charge in [0.05, 0.1) is 8.52 Å². The summed E-state index contributed by atoms with van der Waals surface area (Å²) in [5, 5.41) is 8.74. The van der Waals surface area contributed by atoms with Gasteiger partial charge in [-0.25, -0.2) is 8.78 Å². The third-order valence-electron chi connectivity index (χ3n) is 2.42. The summed E-state index contributed by atoms with van der Waals surface area (Å²) >= 11 is 0. The Hall–Kier alpha value is -2.83. The number of rotatable bonds is 5.